The summed E-state index contributed by atoms with van der Waals surface area (Å²) < 4.78 is 82.0. The first-order valence-corrected chi connectivity index (χ1v) is 7.67. The van der Waals surface area contributed by atoms with Gasteiger partial charge in [-0.3, -0.25) is 9.69 Å². The van der Waals surface area contributed by atoms with Crippen LogP contribution in [0, 0.1) is 11.3 Å². The minimum atomic E-state index is -5.03. The molecule has 0 aliphatic carbocycles. The quantitative estimate of drug-likeness (QED) is 0.540. The first-order chi connectivity index (χ1) is 13.0. The Balaban J connectivity index is 2.25. The van der Waals surface area contributed by atoms with Gasteiger partial charge in [-0.15, -0.1) is 0 Å². The zero-order chi connectivity index (χ0) is 20.9. The van der Waals surface area contributed by atoms with Crippen LogP contribution in [-0.2, 0) is 17.1 Å². The number of halogens is 6. The molecule has 148 valence electrons. The fraction of sp³-hybridized carbons (Fsp3) is 0.222. The second-order valence-electron chi connectivity index (χ2n) is 5.50. The molecule has 10 heteroatoms. The lowest BCUT2D eigenvalue weighted by molar-refractivity contribution is -0.143. The molecule has 0 saturated carbocycles. The Morgan fingerprint density at radius 2 is 1.50 bits per heavy atom. The van der Waals surface area contributed by atoms with Crippen LogP contribution in [0.25, 0.3) is 0 Å². The Morgan fingerprint density at radius 3 is 1.96 bits per heavy atom. The van der Waals surface area contributed by atoms with Crippen LogP contribution in [0.1, 0.15) is 11.1 Å². The van der Waals surface area contributed by atoms with Gasteiger partial charge in [0.2, 0.25) is 0 Å². The van der Waals surface area contributed by atoms with E-state index in [1.165, 1.54) is 12.1 Å². The predicted molar refractivity (Wildman–Crippen MR) is 86.3 cm³/mol. The van der Waals surface area contributed by atoms with E-state index < -0.39 is 41.7 Å². The number of hydrogen-bond donors (Lipinski definition) is 0. The molecule has 0 atom stereocenters. The maximum atomic E-state index is 12.9. The fourth-order valence-electron chi connectivity index (χ4n) is 2.23. The largest absolute Gasteiger partial charge is 0.484 e. The van der Waals surface area contributed by atoms with Crippen molar-refractivity contribution < 1.29 is 35.9 Å². The summed E-state index contributed by atoms with van der Waals surface area (Å²) in [7, 11) is 0. The highest BCUT2D eigenvalue weighted by molar-refractivity contribution is 5.94. The van der Waals surface area contributed by atoms with Gasteiger partial charge >= 0.3 is 12.4 Å². The molecule has 0 bridgehead atoms. The van der Waals surface area contributed by atoms with Gasteiger partial charge in [0.15, 0.2) is 6.61 Å². The third-order valence-corrected chi connectivity index (χ3v) is 3.52. The number of anilines is 1. The minimum Gasteiger partial charge on any atom is -0.484 e. The standard InChI is InChI=1S/C18H12F6N2O2/c19-17(20,21)12-8-13(18(22,23)24)10-15(9-12)28-11-16(27)26(7-6-25)14-4-2-1-3-5-14/h1-5,8-10H,7,11H2. The molecule has 2 aromatic carbocycles. The normalized spacial score (nSPS) is 11.6. The topological polar surface area (TPSA) is 53.3 Å². The van der Waals surface area contributed by atoms with Crippen molar-refractivity contribution in [3.8, 4) is 11.8 Å². The van der Waals surface area contributed by atoms with Crippen LogP contribution in [0.4, 0.5) is 32.0 Å². The van der Waals surface area contributed by atoms with Crippen LogP contribution in [0.3, 0.4) is 0 Å². The van der Waals surface area contributed by atoms with Crippen molar-refractivity contribution >= 4 is 11.6 Å². The molecule has 0 heterocycles. The van der Waals surface area contributed by atoms with Gasteiger partial charge in [0.1, 0.15) is 12.3 Å². The van der Waals surface area contributed by atoms with Crippen molar-refractivity contribution in [1.29, 1.82) is 5.26 Å². The van der Waals surface area contributed by atoms with Crippen molar-refractivity contribution in [2.24, 2.45) is 0 Å². The van der Waals surface area contributed by atoms with Crippen molar-refractivity contribution in [2.45, 2.75) is 12.4 Å². The van der Waals surface area contributed by atoms with Crippen molar-refractivity contribution in [3.63, 3.8) is 0 Å². The lowest BCUT2D eigenvalue weighted by Gasteiger charge is -2.20. The van der Waals surface area contributed by atoms with E-state index in [2.05, 4.69) is 0 Å². The lowest BCUT2D eigenvalue weighted by Crippen LogP contribution is -2.35. The van der Waals surface area contributed by atoms with Crippen LogP contribution in [-0.4, -0.2) is 19.1 Å². The van der Waals surface area contributed by atoms with Crippen LogP contribution in [0.2, 0.25) is 0 Å². The fourth-order valence-corrected chi connectivity index (χ4v) is 2.23. The molecule has 28 heavy (non-hydrogen) atoms. The number of amides is 1. The monoisotopic (exact) mass is 402 g/mol. The predicted octanol–water partition coefficient (Wildman–Crippen LogP) is 4.66. The number of para-hydroxylation sites is 1. The van der Waals surface area contributed by atoms with E-state index in [1.54, 1.807) is 24.3 Å². The zero-order valence-electron chi connectivity index (χ0n) is 14.0. The highest BCUT2D eigenvalue weighted by Gasteiger charge is 2.37. The third-order valence-electron chi connectivity index (χ3n) is 3.52. The lowest BCUT2D eigenvalue weighted by atomic mass is 10.1. The number of carbonyl (C=O) groups excluding carboxylic acids is 1. The number of benzene rings is 2. The molecule has 0 spiro atoms. The summed E-state index contributed by atoms with van der Waals surface area (Å²) in [4.78, 5) is 13.3. The highest BCUT2D eigenvalue weighted by Crippen LogP contribution is 2.38. The van der Waals surface area contributed by atoms with Gasteiger partial charge in [-0.1, -0.05) is 18.2 Å². The maximum Gasteiger partial charge on any atom is 0.416 e. The number of ether oxygens (including phenoxy) is 1. The second kappa shape index (κ2) is 8.21. The number of alkyl halides is 6. The summed E-state index contributed by atoms with van der Waals surface area (Å²) in [5, 5.41) is 8.85. The van der Waals surface area contributed by atoms with E-state index in [1.807, 2.05) is 0 Å². The Hall–Kier alpha value is -3.22. The first-order valence-electron chi connectivity index (χ1n) is 7.67. The summed E-state index contributed by atoms with van der Waals surface area (Å²) in [6.07, 6.45) is -10.1. The van der Waals surface area contributed by atoms with Gasteiger partial charge in [0.05, 0.1) is 17.2 Å². The zero-order valence-corrected chi connectivity index (χ0v) is 14.0. The Kier molecular flexibility index (Phi) is 6.18. The molecule has 2 rings (SSSR count). The molecular formula is C18H12F6N2O2. The number of nitrogens with zero attached hydrogens (tertiary/aromatic N) is 2. The van der Waals surface area contributed by atoms with E-state index >= 15 is 0 Å². The Bertz CT molecular complexity index is 840. The molecule has 0 aromatic heterocycles. The van der Waals surface area contributed by atoms with E-state index in [9.17, 15) is 31.1 Å². The van der Waals surface area contributed by atoms with Crippen LogP contribution >= 0.6 is 0 Å². The molecule has 0 unspecified atom stereocenters. The van der Waals surface area contributed by atoms with Gasteiger partial charge in [0, 0.05) is 5.69 Å². The summed E-state index contributed by atoms with van der Waals surface area (Å²) in [5.74, 6) is -1.57. The maximum absolute atomic E-state index is 12.9. The number of nitriles is 1. The number of rotatable bonds is 5. The van der Waals surface area contributed by atoms with Gasteiger partial charge in [-0.05, 0) is 30.3 Å². The second-order valence-corrected chi connectivity index (χ2v) is 5.50. The molecular weight excluding hydrogens is 390 g/mol. The van der Waals surface area contributed by atoms with E-state index in [-0.39, 0.29) is 12.6 Å². The van der Waals surface area contributed by atoms with Crippen molar-refractivity contribution in [2.75, 3.05) is 18.1 Å². The molecule has 0 saturated heterocycles. The van der Waals surface area contributed by atoms with E-state index in [4.69, 9.17) is 10.00 Å². The minimum absolute atomic E-state index is 0.0410. The summed E-state index contributed by atoms with van der Waals surface area (Å²) in [5.41, 5.74) is -2.78. The summed E-state index contributed by atoms with van der Waals surface area (Å²) in [6, 6.07) is 10.3. The smallest absolute Gasteiger partial charge is 0.416 e. The van der Waals surface area contributed by atoms with Crippen LogP contribution in [0.15, 0.2) is 48.5 Å². The number of hydrogen-bond acceptors (Lipinski definition) is 3. The third kappa shape index (κ3) is 5.39. The molecule has 0 aliphatic heterocycles. The summed E-state index contributed by atoms with van der Waals surface area (Å²) in [6.45, 7) is -1.22. The molecule has 0 N–H and O–H groups in total. The summed E-state index contributed by atoms with van der Waals surface area (Å²) >= 11 is 0. The average Bonchev–Trinajstić information content (AvgIpc) is 2.63. The van der Waals surface area contributed by atoms with Crippen molar-refractivity contribution in [1.82, 2.24) is 0 Å². The van der Waals surface area contributed by atoms with Crippen molar-refractivity contribution in [3.05, 3.63) is 59.7 Å². The van der Waals surface area contributed by atoms with Crippen LogP contribution in [0.5, 0.6) is 5.75 Å². The van der Waals surface area contributed by atoms with E-state index in [0.29, 0.717) is 17.8 Å². The Labute approximate surface area is 155 Å². The average molecular weight is 402 g/mol. The molecule has 0 radical (unpaired) electrons. The first kappa shape index (κ1) is 21.1. The highest BCUT2D eigenvalue weighted by atomic mass is 19.4. The van der Waals surface area contributed by atoms with Gasteiger partial charge < -0.3 is 4.74 Å². The van der Waals surface area contributed by atoms with E-state index in [0.717, 1.165) is 4.90 Å². The number of carbonyl (C=O) groups is 1. The van der Waals surface area contributed by atoms with Crippen LogP contribution < -0.4 is 9.64 Å². The van der Waals surface area contributed by atoms with Gasteiger partial charge in [0.25, 0.3) is 5.91 Å². The van der Waals surface area contributed by atoms with Gasteiger partial charge in [-0.2, -0.15) is 31.6 Å². The van der Waals surface area contributed by atoms with Gasteiger partial charge in [-0.25, -0.2) is 0 Å². The molecule has 0 aliphatic rings. The SMILES string of the molecule is N#CCN(C(=O)COc1cc(C(F)(F)F)cc(C(F)(F)F)c1)c1ccccc1. The molecule has 1 amide bonds. The molecule has 4 nitrogen and oxygen atoms in total. The molecule has 2 aromatic rings. The molecule has 0 fully saturated rings. The Morgan fingerprint density at radius 1 is 0.964 bits per heavy atom.